The number of nitrogens with one attached hydrogen (secondary N) is 1. The number of nitrogens with two attached hydrogens (primary N) is 1. The van der Waals surface area contributed by atoms with Crippen molar-refractivity contribution in [2.75, 3.05) is 5.73 Å². The number of hydrogen-bond acceptors (Lipinski definition) is 2. The summed E-state index contributed by atoms with van der Waals surface area (Å²) >= 11 is 0. The van der Waals surface area contributed by atoms with Gasteiger partial charge in [-0.05, 0) is 74.0 Å². The lowest BCUT2D eigenvalue weighted by atomic mass is 9.79. The van der Waals surface area contributed by atoms with Crippen molar-refractivity contribution in [3.63, 3.8) is 0 Å². The van der Waals surface area contributed by atoms with Gasteiger partial charge in [0.05, 0.1) is 0 Å². The van der Waals surface area contributed by atoms with Gasteiger partial charge in [-0.25, -0.2) is 0 Å². The molecule has 0 radical (unpaired) electrons. The van der Waals surface area contributed by atoms with Gasteiger partial charge in [0.25, 0.3) is 5.91 Å². The van der Waals surface area contributed by atoms with Crippen LogP contribution < -0.4 is 11.1 Å². The molecule has 112 valence electrons. The highest BCUT2D eigenvalue weighted by Crippen LogP contribution is 2.58. The van der Waals surface area contributed by atoms with Crippen molar-refractivity contribution < 1.29 is 4.79 Å². The summed E-state index contributed by atoms with van der Waals surface area (Å²) in [6, 6.07) is 5.98. The Bertz CT molecular complexity index is 583. The van der Waals surface area contributed by atoms with E-state index in [1.807, 2.05) is 19.1 Å². The lowest BCUT2D eigenvalue weighted by Gasteiger charge is -2.32. The van der Waals surface area contributed by atoms with Crippen molar-refractivity contribution in [2.45, 2.75) is 45.1 Å². The smallest absolute Gasteiger partial charge is 0.251 e. The number of anilines is 1. The number of amides is 1. The summed E-state index contributed by atoms with van der Waals surface area (Å²) in [4.78, 5) is 12.6. The molecule has 1 aromatic rings. The highest BCUT2D eigenvalue weighted by molar-refractivity contribution is 5.96. The highest BCUT2D eigenvalue weighted by atomic mass is 16.1. The predicted molar refractivity (Wildman–Crippen MR) is 83.9 cm³/mol. The summed E-state index contributed by atoms with van der Waals surface area (Å²) in [5.41, 5.74) is 8.23. The Morgan fingerprint density at radius 3 is 2.86 bits per heavy atom. The molecular weight excluding hydrogens is 260 g/mol. The Labute approximate surface area is 126 Å². The minimum absolute atomic E-state index is 0.0619. The Kier molecular flexibility index (Phi) is 2.98. The topological polar surface area (TPSA) is 55.1 Å². The maximum absolute atomic E-state index is 12.6. The zero-order valence-corrected chi connectivity index (χ0v) is 12.6. The third-order valence-corrected chi connectivity index (χ3v) is 6.25. The van der Waals surface area contributed by atoms with E-state index in [0.717, 1.165) is 34.8 Å². The summed E-state index contributed by atoms with van der Waals surface area (Å²) in [6.45, 7) is 1.97. The Balaban J connectivity index is 1.50. The van der Waals surface area contributed by atoms with Gasteiger partial charge in [-0.2, -0.15) is 0 Å². The first kappa shape index (κ1) is 13.2. The molecule has 0 aromatic heterocycles. The van der Waals surface area contributed by atoms with E-state index in [4.69, 9.17) is 5.73 Å². The predicted octanol–water partition coefficient (Wildman–Crippen LogP) is 3.13. The molecule has 0 spiro atoms. The van der Waals surface area contributed by atoms with E-state index in [1.54, 1.807) is 6.07 Å². The van der Waals surface area contributed by atoms with Crippen molar-refractivity contribution >= 4 is 11.6 Å². The quantitative estimate of drug-likeness (QED) is 0.820. The van der Waals surface area contributed by atoms with Gasteiger partial charge in [-0.1, -0.05) is 12.5 Å². The van der Waals surface area contributed by atoms with Crippen molar-refractivity contribution in [3.8, 4) is 0 Å². The van der Waals surface area contributed by atoms with Crippen LogP contribution >= 0.6 is 0 Å². The summed E-state index contributed by atoms with van der Waals surface area (Å²) in [7, 11) is 0. The molecule has 0 heterocycles. The molecule has 3 N–H and O–H groups in total. The van der Waals surface area contributed by atoms with Gasteiger partial charge >= 0.3 is 0 Å². The standard InChI is InChI=1S/C18H24N2O/c1-10-5-6-12(19)9-15(10)18(21)20-17-8-11-7-16(17)14-4-2-3-13(11)14/h5-6,9,11,13-14,16-17H,2-4,7-8,19H2,1H3,(H,20,21). The number of carbonyl (C=O) groups is 1. The van der Waals surface area contributed by atoms with E-state index in [0.29, 0.717) is 11.7 Å². The SMILES string of the molecule is Cc1ccc(N)cc1C(=O)NC1CC2CC1C1CCCC21. The monoisotopic (exact) mass is 284 g/mol. The molecule has 0 aliphatic heterocycles. The third-order valence-electron chi connectivity index (χ3n) is 6.25. The average molecular weight is 284 g/mol. The molecule has 0 saturated heterocycles. The van der Waals surface area contributed by atoms with Crippen LogP contribution in [0.15, 0.2) is 18.2 Å². The molecule has 5 atom stereocenters. The van der Waals surface area contributed by atoms with E-state index in [1.165, 1.54) is 32.1 Å². The molecule has 3 saturated carbocycles. The normalized spacial score (nSPS) is 36.7. The fraction of sp³-hybridized carbons (Fsp3) is 0.611. The van der Waals surface area contributed by atoms with Gasteiger partial charge in [0.1, 0.15) is 0 Å². The zero-order valence-electron chi connectivity index (χ0n) is 12.6. The fourth-order valence-electron chi connectivity index (χ4n) is 5.36. The van der Waals surface area contributed by atoms with E-state index in [-0.39, 0.29) is 5.91 Å². The molecule has 21 heavy (non-hydrogen) atoms. The molecule has 1 amide bonds. The molecule has 5 unspecified atom stereocenters. The molecule has 3 fully saturated rings. The van der Waals surface area contributed by atoms with Crippen molar-refractivity contribution in [1.29, 1.82) is 0 Å². The number of fused-ring (bicyclic) bond motifs is 5. The fourth-order valence-corrected chi connectivity index (χ4v) is 5.36. The second kappa shape index (κ2) is 4.75. The number of benzene rings is 1. The highest BCUT2D eigenvalue weighted by Gasteiger charge is 2.54. The van der Waals surface area contributed by atoms with E-state index < -0.39 is 0 Å². The summed E-state index contributed by atoms with van der Waals surface area (Å²) in [5.74, 6) is 3.52. The summed E-state index contributed by atoms with van der Waals surface area (Å²) in [5, 5.41) is 3.31. The van der Waals surface area contributed by atoms with E-state index in [2.05, 4.69) is 5.32 Å². The lowest BCUT2D eigenvalue weighted by Crippen LogP contribution is -2.42. The molecule has 2 bridgehead atoms. The number of hydrogen-bond donors (Lipinski definition) is 2. The first-order valence-corrected chi connectivity index (χ1v) is 8.30. The number of aryl methyl sites for hydroxylation is 1. The third kappa shape index (κ3) is 2.05. The lowest BCUT2D eigenvalue weighted by molar-refractivity contribution is 0.0900. The number of carbonyl (C=O) groups excluding carboxylic acids is 1. The van der Waals surface area contributed by atoms with Crippen LogP contribution in [-0.4, -0.2) is 11.9 Å². The molecule has 3 heteroatoms. The first-order chi connectivity index (χ1) is 10.1. The average Bonchev–Trinajstić information content (AvgIpc) is 3.13. The van der Waals surface area contributed by atoms with Crippen LogP contribution in [0.3, 0.4) is 0 Å². The molecule has 3 aliphatic carbocycles. The maximum Gasteiger partial charge on any atom is 0.251 e. The van der Waals surface area contributed by atoms with Crippen LogP contribution in [0.5, 0.6) is 0 Å². The molecule has 3 nitrogen and oxygen atoms in total. The molecule has 3 aliphatic rings. The molecular formula is C18H24N2O. The van der Waals surface area contributed by atoms with Gasteiger partial charge in [0.15, 0.2) is 0 Å². The minimum atomic E-state index is 0.0619. The van der Waals surface area contributed by atoms with Crippen LogP contribution in [-0.2, 0) is 0 Å². The van der Waals surface area contributed by atoms with Crippen LogP contribution in [0.25, 0.3) is 0 Å². The summed E-state index contributed by atoms with van der Waals surface area (Å²) < 4.78 is 0. The zero-order chi connectivity index (χ0) is 14.6. The Morgan fingerprint density at radius 2 is 2.00 bits per heavy atom. The van der Waals surface area contributed by atoms with Crippen LogP contribution in [0.4, 0.5) is 5.69 Å². The number of rotatable bonds is 2. The van der Waals surface area contributed by atoms with Crippen molar-refractivity contribution in [3.05, 3.63) is 29.3 Å². The van der Waals surface area contributed by atoms with Gasteiger partial charge in [-0.15, -0.1) is 0 Å². The number of nitrogen functional groups attached to an aromatic ring is 1. The van der Waals surface area contributed by atoms with Gasteiger partial charge in [0.2, 0.25) is 0 Å². The van der Waals surface area contributed by atoms with E-state index >= 15 is 0 Å². The minimum Gasteiger partial charge on any atom is -0.399 e. The van der Waals surface area contributed by atoms with Crippen LogP contribution in [0.1, 0.15) is 48.0 Å². The Hall–Kier alpha value is -1.51. The van der Waals surface area contributed by atoms with Crippen LogP contribution in [0, 0.1) is 30.6 Å². The van der Waals surface area contributed by atoms with Gasteiger partial charge in [0, 0.05) is 17.3 Å². The second-order valence-corrected chi connectivity index (χ2v) is 7.31. The van der Waals surface area contributed by atoms with Gasteiger partial charge < -0.3 is 11.1 Å². The van der Waals surface area contributed by atoms with Crippen molar-refractivity contribution in [2.24, 2.45) is 23.7 Å². The Morgan fingerprint density at radius 1 is 1.19 bits per heavy atom. The summed E-state index contributed by atoms with van der Waals surface area (Å²) in [6.07, 6.45) is 6.75. The first-order valence-electron chi connectivity index (χ1n) is 8.30. The largest absolute Gasteiger partial charge is 0.399 e. The van der Waals surface area contributed by atoms with E-state index in [9.17, 15) is 4.79 Å². The molecule has 1 aromatic carbocycles. The van der Waals surface area contributed by atoms with Crippen molar-refractivity contribution in [1.82, 2.24) is 5.32 Å². The van der Waals surface area contributed by atoms with Gasteiger partial charge in [-0.3, -0.25) is 4.79 Å². The maximum atomic E-state index is 12.6. The second-order valence-electron chi connectivity index (χ2n) is 7.31. The van der Waals surface area contributed by atoms with Crippen LogP contribution in [0.2, 0.25) is 0 Å². The molecule has 4 rings (SSSR count).